The van der Waals surface area contributed by atoms with Gasteiger partial charge in [0, 0.05) is 43.0 Å². The Balaban J connectivity index is 1.73. The smallest absolute Gasteiger partial charge is 0.338 e. The molecular weight excluding hydrogens is 386 g/mol. The Labute approximate surface area is 174 Å². The van der Waals surface area contributed by atoms with Gasteiger partial charge in [-0.05, 0) is 23.8 Å². The Kier molecular flexibility index (Phi) is 5.60. The fraction of sp³-hybridized carbons (Fsp3) is 0.273. The number of anilines is 2. The molecule has 2 aromatic carbocycles. The van der Waals surface area contributed by atoms with Crippen LogP contribution in [0, 0.1) is 10.1 Å². The number of rotatable bonds is 6. The Morgan fingerprint density at radius 2 is 1.93 bits per heavy atom. The number of nitrogens with one attached hydrogen (secondary N) is 1. The molecule has 3 rings (SSSR count). The molecule has 0 radical (unpaired) electrons. The number of para-hydroxylation sites is 1. The summed E-state index contributed by atoms with van der Waals surface area (Å²) in [6.07, 6.45) is 1.49. The summed E-state index contributed by atoms with van der Waals surface area (Å²) in [6, 6.07) is 11.9. The van der Waals surface area contributed by atoms with Crippen molar-refractivity contribution in [2.24, 2.45) is 0 Å². The molecule has 0 bridgehead atoms. The zero-order valence-corrected chi connectivity index (χ0v) is 17.3. The quantitative estimate of drug-likeness (QED) is 0.336. The lowest BCUT2D eigenvalue weighted by molar-refractivity contribution is -0.384. The summed E-state index contributed by atoms with van der Waals surface area (Å²) in [5.41, 5.74) is 2.62. The lowest BCUT2D eigenvalue weighted by Gasteiger charge is -2.23. The van der Waals surface area contributed by atoms with Crippen LogP contribution in [0.25, 0.3) is 0 Å². The van der Waals surface area contributed by atoms with Crippen molar-refractivity contribution in [3.63, 3.8) is 0 Å². The van der Waals surface area contributed by atoms with Gasteiger partial charge in [0.2, 0.25) is 0 Å². The van der Waals surface area contributed by atoms with E-state index in [-0.39, 0.29) is 28.1 Å². The summed E-state index contributed by atoms with van der Waals surface area (Å²) in [7, 11) is 3.44. The molecule has 1 heterocycles. The number of hydrogen-bond donors (Lipinski definition) is 1. The lowest BCUT2D eigenvalue weighted by Crippen LogP contribution is -2.25. The van der Waals surface area contributed by atoms with Crippen LogP contribution < -0.4 is 10.2 Å². The fourth-order valence-electron chi connectivity index (χ4n) is 3.69. The van der Waals surface area contributed by atoms with Crippen molar-refractivity contribution in [2.45, 2.75) is 19.3 Å². The van der Waals surface area contributed by atoms with E-state index in [0.717, 1.165) is 23.0 Å². The van der Waals surface area contributed by atoms with Gasteiger partial charge in [-0.1, -0.05) is 32.0 Å². The number of carbonyl (C=O) groups is 2. The number of allylic oxidation sites excluding steroid dienone is 1. The van der Waals surface area contributed by atoms with Crippen molar-refractivity contribution >= 4 is 28.8 Å². The zero-order chi connectivity index (χ0) is 22.1. The number of nitro benzene ring substituents is 1. The third-order valence-electron chi connectivity index (χ3n) is 5.28. The number of nitrogens with zero attached hydrogens (tertiary/aromatic N) is 2. The van der Waals surface area contributed by atoms with Crippen LogP contribution in [0.4, 0.5) is 17.1 Å². The number of fused-ring (bicyclic) bond motifs is 1. The molecule has 30 heavy (non-hydrogen) atoms. The van der Waals surface area contributed by atoms with E-state index in [2.05, 4.69) is 5.32 Å². The van der Waals surface area contributed by atoms with Gasteiger partial charge in [-0.15, -0.1) is 0 Å². The fourth-order valence-corrected chi connectivity index (χ4v) is 3.69. The minimum atomic E-state index is -0.796. The maximum Gasteiger partial charge on any atom is 0.338 e. The van der Waals surface area contributed by atoms with Crippen molar-refractivity contribution in [3.8, 4) is 0 Å². The molecule has 8 heteroatoms. The summed E-state index contributed by atoms with van der Waals surface area (Å²) in [5, 5.41) is 13.8. The highest BCUT2D eigenvalue weighted by atomic mass is 16.6. The second-order valence-corrected chi connectivity index (χ2v) is 7.51. The van der Waals surface area contributed by atoms with Crippen LogP contribution in [0.2, 0.25) is 0 Å². The monoisotopic (exact) mass is 409 g/mol. The van der Waals surface area contributed by atoms with E-state index in [1.807, 2.05) is 50.1 Å². The molecule has 0 unspecified atom stereocenters. The Hall–Kier alpha value is -3.68. The van der Waals surface area contributed by atoms with Crippen LogP contribution in [-0.2, 0) is 14.9 Å². The van der Waals surface area contributed by atoms with Crippen molar-refractivity contribution in [1.29, 1.82) is 0 Å². The molecule has 156 valence electrons. The predicted molar refractivity (Wildman–Crippen MR) is 114 cm³/mol. The molecule has 0 saturated carbocycles. The van der Waals surface area contributed by atoms with Gasteiger partial charge in [-0.25, -0.2) is 4.79 Å². The molecule has 0 atom stereocenters. The van der Waals surface area contributed by atoms with Crippen molar-refractivity contribution in [2.75, 3.05) is 30.9 Å². The number of benzene rings is 2. The normalized spacial score (nSPS) is 15.6. The Morgan fingerprint density at radius 3 is 2.57 bits per heavy atom. The van der Waals surface area contributed by atoms with Crippen LogP contribution in [0.3, 0.4) is 0 Å². The second-order valence-electron chi connectivity index (χ2n) is 7.51. The maximum atomic E-state index is 12.5. The largest absolute Gasteiger partial charge is 0.454 e. The minimum Gasteiger partial charge on any atom is -0.454 e. The van der Waals surface area contributed by atoms with Gasteiger partial charge in [0.25, 0.3) is 5.69 Å². The molecule has 0 aromatic heterocycles. The standard InChI is InChI=1S/C22H23N3O5/c1-22(2)16-7-5-6-8-18(16)24(4)20(22)12-15(26)13-30-21(27)14-9-10-17(23-3)19(11-14)25(28)29/h5-12,23H,13H2,1-4H3/b20-12+. The average molecular weight is 409 g/mol. The van der Waals surface area contributed by atoms with Gasteiger partial charge in [-0.3, -0.25) is 14.9 Å². The third-order valence-corrected chi connectivity index (χ3v) is 5.28. The third kappa shape index (κ3) is 3.76. The molecule has 2 aromatic rings. The SMILES string of the molecule is CNc1ccc(C(=O)OCC(=O)/C=C2/N(C)c3ccccc3C2(C)C)cc1[N+](=O)[O-]. The highest BCUT2D eigenvalue weighted by Gasteiger charge is 2.38. The molecule has 1 N–H and O–H groups in total. The van der Waals surface area contributed by atoms with Gasteiger partial charge in [0.15, 0.2) is 12.4 Å². The van der Waals surface area contributed by atoms with E-state index in [1.54, 1.807) is 7.05 Å². The Bertz CT molecular complexity index is 1060. The summed E-state index contributed by atoms with van der Waals surface area (Å²) >= 11 is 0. The van der Waals surface area contributed by atoms with Gasteiger partial charge in [-0.2, -0.15) is 0 Å². The molecule has 1 aliphatic rings. The average Bonchev–Trinajstić information content (AvgIpc) is 2.92. The molecule has 0 spiro atoms. The van der Waals surface area contributed by atoms with Crippen LogP contribution in [0.1, 0.15) is 29.8 Å². The first-order valence-electron chi connectivity index (χ1n) is 9.38. The van der Waals surface area contributed by atoms with E-state index >= 15 is 0 Å². The number of hydrogen-bond acceptors (Lipinski definition) is 7. The number of nitro groups is 1. The molecule has 0 aliphatic carbocycles. The van der Waals surface area contributed by atoms with Crippen LogP contribution >= 0.6 is 0 Å². The molecule has 8 nitrogen and oxygen atoms in total. The summed E-state index contributed by atoms with van der Waals surface area (Å²) in [6.45, 7) is 3.61. The Morgan fingerprint density at radius 1 is 1.23 bits per heavy atom. The van der Waals surface area contributed by atoms with Gasteiger partial charge >= 0.3 is 5.97 Å². The van der Waals surface area contributed by atoms with E-state index in [1.165, 1.54) is 18.2 Å². The van der Waals surface area contributed by atoms with Gasteiger partial charge in [0.1, 0.15) is 5.69 Å². The topological polar surface area (TPSA) is 102 Å². The van der Waals surface area contributed by atoms with E-state index in [9.17, 15) is 19.7 Å². The van der Waals surface area contributed by atoms with Crippen molar-refractivity contribution in [3.05, 3.63) is 75.5 Å². The van der Waals surface area contributed by atoms with E-state index < -0.39 is 17.5 Å². The van der Waals surface area contributed by atoms with Crippen LogP contribution in [-0.4, -0.2) is 37.4 Å². The zero-order valence-electron chi connectivity index (χ0n) is 17.3. The van der Waals surface area contributed by atoms with E-state index in [4.69, 9.17) is 4.74 Å². The number of esters is 1. The molecule has 1 aliphatic heterocycles. The highest BCUT2D eigenvalue weighted by Crippen LogP contribution is 2.46. The highest BCUT2D eigenvalue weighted by molar-refractivity contribution is 5.97. The summed E-state index contributed by atoms with van der Waals surface area (Å²) in [5.74, 6) is -1.16. The first-order valence-corrected chi connectivity index (χ1v) is 9.38. The summed E-state index contributed by atoms with van der Waals surface area (Å²) < 4.78 is 5.09. The van der Waals surface area contributed by atoms with Gasteiger partial charge in [0.05, 0.1) is 10.5 Å². The van der Waals surface area contributed by atoms with Crippen molar-refractivity contribution < 1.29 is 19.2 Å². The van der Waals surface area contributed by atoms with Crippen LogP contribution in [0.15, 0.2) is 54.2 Å². The number of ketones is 1. The minimum absolute atomic E-state index is 0.00636. The van der Waals surface area contributed by atoms with Gasteiger partial charge < -0.3 is 15.0 Å². The number of ether oxygens (including phenoxy) is 1. The second kappa shape index (κ2) is 7.98. The van der Waals surface area contributed by atoms with Crippen LogP contribution in [0.5, 0.6) is 0 Å². The first kappa shape index (κ1) is 21.0. The summed E-state index contributed by atoms with van der Waals surface area (Å²) in [4.78, 5) is 37.3. The maximum absolute atomic E-state index is 12.5. The predicted octanol–water partition coefficient (Wildman–Crippen LogP) is 3.67. The molecule has 0 amide bonds. The molecule has 0 saturated heterocycles. The van der Waals surface area contributed by atoms with E-state index in [0.29, 0.717) is 0 Å². The lowest BCUT2D eigenvalue weighted by atomic mass is 9.83. The molecule has 0 fully saturated rings. The van der Waals surface area contributed by atoms with Crippen molar-refractivity contribution in [1.82, 2.24) is 0 Å². The number of carbonyl (C=O) groups excluding carboxylic acids is 2. The number of likely N-dealkylation sites (N-methyl/N-ethyl adjacent to an activating group) is 1. The molecular formula is C22H23N3O5. The first-order chi connectivity index (χ1) is 14.2.